The monoisotopic (exact) mass is 234 g/mol. The van der Waals surface area contributed by atoms with Gasteiger partial charge < -0.3 is 15.7 Å². The second-order valence-corrected chi connectivity index (χ2v) is 4.08. The maximum absolute atomic E-state index is 11.8. The summed E-state index contributed by atoms with van der Waals surface area (Å²) < 4.78 is 0. The Morgan fingerprint density at radius 3 is 2.35 bits per heavy atom. The van der Waals surface area contributed by atoms with E-state index in [1.165, 1.54) is 6.92 Å². The summed E-state index contributed by atoms with van der Waals surface area (Å²) in [5.41, 5.74) is 0.724. The van der Waals surface area contributed by atoms with Crippen LogP contribution in [0.2, 0.25) is 0 Å². The van der Waals surface area contributed by atoms with Crippen molar-refractivity contribution in [2.45, 2.75) is 25.1 Å². The Morgan fingerprint density at radius 2 is 1.76 bits per heavy atom. The second-order valence-electron chi connectivity index (χ2n) is 4.08. The van der Waals surface area contributed by atoms with Crippen molar-refractivity contribution >= 4 is 11.8 Å². The molecule has 5 nitrogen and oxygen atoms in total. The summed E-state index contributed by atoms with van der Waals surface area (Å²) in [6.07, 6.45) is -0.907. The first-order chi connectivity index (χ1) is 8.09. The molecule has 5 heteroatoms. The minimum atomic E-state index is -0.907. The highest BCUT2D eigenvalue weighted by molar-refractivity contribution is 5.97. The standard InChI is InChI=1S/C12H14N2O3/c1-7(15)9-11(16)14-10(12(17)13-9)8-5-3-2-4-6-8/h2-7,9-10,15H,1H3,(H,13,17)(H,14,16)/t7-,9+,10-/m1/s1. The van der Waals surface area contributed by atoms with Crippen molar-refractivity contribution in [1.29, 1.82) is 0 Å². The Morgan fingerprint density at radius 1 is 1.12 bits per heavy atom. The van der Waals surface area contributed by atoms with Crippen LogP contribution in [-0.4, -0.2) is 29.1 Å². The SMILES string of the molecule is C[C@@H](O)[C@@H]1NC(=O)[C@@H](c2ccccc2)NC1=O. The lowest BCUT2D eigenvalue weighted by Crippen LogP contribution is -2.61. The molecular weight excluding hydrogens is 220 g/mol. The number of hydrogen-bond acceptors (Lipinski definition) is 3. The summed E-state index contributed by atoms with van der Waals surface area (Å²) in [5, 5.41) is 14.5. The number of nitrogens with one attached hydrogen (secondary N) is 2. The van der Waals surface area contributed by atoms with Crippen LogP contribution in [0, 0.1) is 0 Å². The van der Waals surface area contributed by atoms with Gasteiger partial charge in [0.2, 0.25) is 11.8 Å². The van der Waals surface area contributed by atoms with Gasteiger partial charge in [0.1, 0.15) is 12.1 Å². The number of benzene rings is 1. The van der Waals surface area contributed by atoms with E-state index in [2.05, 4.69) is 10.6 Å². The normalized spacial score (nSPS) is 26.0. The van der Waals surface area contributed by atoms with Gasteiger partial charge in [-0.2, -0.15) is 0 Å². The van der Waals surface area contributed by atoms with Gasteiger partial charge in [0.05, 0.1) is 6.10 Å². The quantitative estimate of drug-likeness (QED) is 0.658. The van der Waals surface area contributed by atoms with Crippen molar-refractivity contribution in [2.24, 2.45) is 0 Å². The lowest BCUT2D eigenvalue weighted by atomic mass is 10.0. The topological polar surface area (TPSA) is 78.4 Å². The van der Waals surface area contributed by atoms with Crippen LogP contribution < -0.4 is 10.6 Å². The molecule has 0 spiro atoms. The van der Waals surface area contributed by atoms with Crippen LogP contribution in [0.3, 0.4) is 0 Å². The fourth-order valence-corrected chi connectivity index (χ4v) is 1.82. The van der Waals surface area contributed by atoms with E-state index in [4.69, 9.17) is 0 Å². The molecule has 1 aliphatic rings. The highest BCUT2D eigenvalue weighted by Gasteiger charge is 2.36. The van der Waals surface area contributed by atoms with Crippen molar-refractivity contribution in [1.82, 2.24) is 10.6 Å². The van der Waals surface area contributed by atoms with Crippen molar-refractivity contribution in [2.75, 3.05) is 0 Å². The van der Waals surface area contributed by atoms with E-state index in [-0.39, 0.29) is 11.8 Å². The Labute approximate surface area is 98.8 Å². The zero-order chi connectivity index (χ0) is 12.4. The Hall–Kier alpha value is -1.88. The van der Waals surface area contributed by atoms with E-state index in [1.807, 2.05) is 6.07 Å². The minimum Gasteiger partial charge on any atom is -0.391 e. The van der Waals surface area contributed by atoms with Gasteiger partial charge in [0.25, 0.3) is 0 Å². The van der Waals surface area contributed by atoms with E-state index < -0.39 is 18.2 Å². The minimum absolute atomic E-state index is 0.304. The maximum Gasteiger partial charge on any atom is 0.247 e. The Balaban J connectivity index is 2.19. The number of piperazine rings is 1. The number of hydrogen-bond donors (Lipinski definition) is 3. The molecule has 1 saturated heterocycles. The molecule has 0 unspecified atom stereocenters. The Bertz CT molecular complexity index is 431. The number of amides is 2. The molecule has 0 aromatic heterocycles. The van der Waals surface area contributed by atoms with E-state index in [0.717, 1.165) is 5.56 Å². The second kappa shape index (κ2) is 4.55. The molecule has 2 amide bonds. The number of carbonyl (C=O) groups excluding carboxylic acids is 2. The van der Waals surface area contributed by atoms with Crippen LogP contribution in [0.15, 0.2) is 30.3 Å². The van der Waals surface area contributed by atoms with Gasteiger partial charge in [-0.1, -0.05) is 30.3 Å². The largest absolute Gasteiger partial charge is 0.391 e. The summed E-state index contributed by atoms with van der Waals surface area (Å²) in [4.78, 5) is 23.5. The zero-order valence-electron chi connectivity index (χ0n) is 9.38. The fraction of sp³-hybridized carbons (Fsp3) is 0.333. The highest BCUT2D eigenvalue weighted by Crippen LogP contribution is 2.16. The van der Waals surface area contributed by atoms with Crippen LogP contribution in [0.4, 0.5) is 0 Å². The van der Waals surface area contributed by atoms with Crippen molar-refractivity contribution < 1.29 is 14.7 Å². The first-order valence-corrected chi connectivity index (χ1v) is 5.43. The van der Waals surface area contributed by atoms with Gasteiger partial charge in [-0.3, -0.25) is 9.59 Å². The van der Waals surface area contributed by atoms with Crippen molar-refractivity contribution in [3.05, 3.63) is 35.9 Å². The summed E-state index contributed by atoms with van der Waals surface area (Å²) in [7, 11) is 0. The van der Waals surface area contributed by atoms with Crippen LogP contribution in [-0.2, 0) is 9.59 Å². The molecule has 1 heterocycles. The van der Waals surface area contributed by atoms with Crippen LogP contribution >= 0.6 is 0 Å². The predicted octanol–water partition coefficient (Wildman–Crippen LogP) is -0.277. The molecular formula is C12H14N2O3. The number of carbonyl (C=O) groups is 2. The molecule has 1 aliphatic heterocycles. The highest BCUT2D eigenvalue weighted by atomic mass is 16.3. The number of aliphatic hydroxyl groups excluding tert-OH is 1. The predicted molar refractivity (Wildman–Crippen MR) is 60.9 cm³/mol. The van der Waals surface area contributed by atoms with Crippen molar-refractivity contribution in [3.63, 3.8) is 0 Å². The molecule has 3 N–H and O–H groups in total. The molecule has 1 aromatic rings. The average Bonchev–Trinajstić information content (AvgIpc) is 2.32. The van der Waals surface area contributed by atoms with E-state index >= 15 is 0 Å². The molecule has 2 rings (SSSR count). The molecule has 0 bridgehead atoms. The average molecular weight is 234 g/mol. The summed E-state index contributed by atoms with van der Waals surface area (Å²) >= 11 is 0. The Kier molecular flexibility index (Phi) is 3.10. The van der Waals surface area contributed by atoms with Gasteiger partial charge in [0, 0.05) is 0 Å². The number of aliphatic hydroxyl groups is 1. The zero-order valence-corrected chi connectivity index (χ0v) is 9.38. The van der Waals surface area contributed by atoms with E-state index in [9.17, 15) is 14.7 Å². The van der Waals surface area contributed by atoms with Gasteiger partial charge in [-0.25, -0.2) is 0 Å². The lowest BCUT2D eigenvalue weighted by molar-refractivity contribution is -0.139. The van der Waals surface area contributed by atoms with E-state index in [0.29, 0.717) is 0 Å². The first-order valence-electron chi connectivity index (χ1n) is 5.43. The molecule has 1 fully saturated rings. The third-order valence-electron chi connectivity index (χ3n) is 2.74. The molecule has 1 aromatic carbocycles. The van der Waals surface area contributed by atoms with Gasteiger partial charge in [0.15, 0.2) is 0 Å². The van der Waals surface area contributed by atoms with Gasteiger partial charge in [-0.15, -0.1) is 0 Å². The third-order valence-corrected chi connectivity index (χ3v) is 2.74. The van der Waals surface area contributed by atoms with Crippen LogP contribution in [0.5, 0.6) is 0 Å². The molecule has 0 saturated carbocycles. The summed E-state index contributed by atoms with van der Waals surface area (Å²) in [6.45, 7) is 1.47. The molecule has 17 heavy (non-hydrogen) atoms. The molecule has 3 atom stereocenters. The molecule has 90 valence electrons. The maximum atomic E-state index is 11.8. The first kappa shape index (κ1) is 11.6. The number of rotatable bonds is 2. The van der Waals surface area contributed by atoms with Gasteiger partial charge in [-0.05, 0) is 12.5 Å². The smallest absolute Gasteiger partial charge is 0.247 e. The van der Waals surface area contributed by atoms with Crippen LogP contribution in [0.1, 0.15) is 18.5 Å². The fourth-order valence-electron chi connectivity index (χ4n) is 1.82. The van der Waals surface area contributed by atoms with Crippen molar-refractivity contribution in [3.8, 4) is 0 Å². The van der Waals surface area contributed by atoms with E-state index in [1.54, 1.807) is 24.3 Å². The molecule has 0 aliphatic carbocycles. The van der Waals surface area contributed by atoms with Crippen LogP contribution in [0.25, 0.3) is 0 Å². The van der Waals surface area contributed by atoms with Gasteiger partial charge >= 0.3 is 0 Å². The lowest BCUT2D eigenvalue weighted by Gasteiger charge is -2.31. The summed E-state index contributed by atoms with van der Waals surface area (Å²) in [5.74, 6) is -0.671. The summed E-state index contributed by atoms with van der Waals surface area (Å²) in [6, 6.07) is 7.43. The molecule has 0 radical (unpaired) electrons. The third kappa shape index (κ3) is 2.29.